The Morgan fingerprint density at radius 2 is 1.77 bits per heavy atom. The first-order valence-corrected chi connectivity index (χ1v) is 15.4. The molecule has 0 unspecified atom stereocenters. The molecule has 1 aliphatic heterocycles. The van der Waals surface area contributed by atoms with E-state index >= 15 is 0 Å². The van der Waals surface area contributed by atoms with Crippen LogP contribution in [0.4, 0.5) is 4.39 Å². The molecule has 3 aromatic rings. The molecular formula is C28H33FN2O6S2. The molecule has 0 radical (unpaired) electrons. The highest BCUT2D eigenvalue weighted by atomic mass is 32.2. The highest BCUT2D eigenvalue weighted by Gasteiger charge is 2.39. The van der Waals surface area contributed by atoms with Crippen LogP contribution < -0.4 is 4.74 Å². The quantitative estimate of drug-likeness (QED) is 0.458. The molecule has 11 heteroatoms. The largest absolute Gasteiger partial charge is 0.487 e. The molecule has 0 spiro atoms. The summed E-state index contributed by atoms with van der Waals surface area (Å²) < 4.78 is 76.7. The molecule has 0 fully saturated rings. The Labute approximate surface area is 229 Å². The van der Waals surface area contributed by atoms with E-state index < -0.39 is 50.5 Å². The van der Waals surface area contributed by atoms with Crippen molar-refractivity contribution in [3.05, 3.63) is 78.1 Å². The Morgan fingerprint density at radius 1 is 1.10 bits per heavy atom. The van der Waals surface area contributed by atoms with Gasteiger partial charge in [-0.2, -0.15) is 8.61 Å². The van der Waals surface area contributed by atoms with E-state index in [9.17, 15) is 26.3 Å². The van der Waals surface area contributed by atoms with Gasteiger partial charge in [0, 0.05) is 25.6 Å². The molecule has 0 bridgehead atoms. The number of aliphatic hydroxyl groups is 1. The van der Waals surface area contributed by atoms with Crippen LogP contribution in [0.3, 0.4) is 0 Å². The highest BCUT2D eigenvalue weighted by molar-refractivity contribution is 7.89. The zero-order valence-electron chi connectivity index (χ0n) is 22.3. The van der Waals surface area contributed by atoms with Gasteiger partial charge in [-0.3, -0.25) is 0 Å². The van der Waals surface area contributed by atoms with Gasteiger partial charge in [-0.15, -0.1) is 0 Å². The van der Waals surface area contributed by atoms with Crippen molar-refractivity contribution in [3.63, 3.8) is 0 Å². The highest BCUT2D eigenvalue weighted by Crippen LogP contribution is 2.37. The van der Waals surface area contributed by atoms with Gasteiger partial charge in [-0.05, 0) is 61.4 Å². The molecule has 8 nitrogen and oxygen atoms in total. The van der Waals surface area contributed by atoms with E-state index in [1.54, 1.807) is 56.3 Å². The first kappa shape index (κ1) is 29.2. The van der Waals surface area contributed by atoms with Crippen molar-refractivity contribution < 1.29 is 31.1 Å². The molecule has 1 N–H and O–H groups in total. The number of ether oxygens (including phenoxy) is 1. The van der Waals surface area contributed by atoms with Crippen molar-refractivity contribution >= 4 is 20.0 Å². The van der Waals surface area contributed by atoms with Gasteiger partial charge in [0.1, 0.15) is 22.6 Å². The van der Waals surface area contributed by atoms with Crippen LogP contribution in [0.15, 0.2) is 76.5 Å². The SMILES string of the molecule is Cc1ccc(S(=O)(=O)N(C)C[C@@H]2Oc3cc(-c4cccc(F)c4)ccc3S(=O)(=O)N([C@@H](C)CO)C[C@@H]2C)cc1. The van der Waals surface area contributed by atoms with Crippen molar-refractivity contribution in [3.8, 4) is 16.9 Å². The van der Waals surface area contributed by atoms with Crippen LogP contribution in [0.25, 0.3) is 11.1 Å². The lowest BCUT2D eigenvalue weighted by molar-refractivity contribution is 0.0905. The van der Waals surface area contributed by atoms with Gasteiger partial charge in [0.05, 0.1) is 18.0 Å². The number of rotatable bonds is 7. The number of nitrogens with zero attached hydrogens (tertiary/aromatic N) is 2. The topological polar surface area (TPSA) is 104 Å². The number of hydrogen-bond donors (Lipinski definition) is 1. The molecule has 210 valence electrons. The van der Waals surface area contributed by atoms with Gasteiger partial charge in [0.2, 0.25) is 20.0 Å². The second kappa shape index (κ2) is 11.3. The fourth-order valence-electron chi connectivity index (χ4n) is 4.53. The molecule has 1 aliphatic rings. The Balaban J connectivity index is 1.77. The van der Waals surface area contributed by atoms with Gasteiger partial charge < -0.3 is 9.84 Å². The second-order valence-electron chi connectivity index (χ2n) is 10.0. The van der Waals surface area contributed by atoms with Crippen molar-refractivity contribution in [2.24, 2.45) is 5.92 Å². The zero-order chi connectivity index (χ0) is 28.5. The lowest BCUT2D eigenvalue weighted by Gasteiger charge is -2.37. The maximum absolute atomic E-state index is 13.9. The molecule has 3 atom stereocenters. The second-order valence-corrected chi connectivity index (χ2v) is 13.9. The van der Waals surface area contributed by atoms with E-state index in [1.165, 1.54) is 39.9 Å². The Morgan fingerprint density at radius 3 is 2.41 bits per heavy atom. The van der Waals surface area contributed by atoms with Crippen molar-refractivity contribution in [1.29, 1.82) is 0 Å². The van der Waals surface area contributed by atoms with Gasteiger partial charge in [0.15, 0.2) is 0 Å². The molecular weight excluding hydrogens is 543 g/mol. The summed E-state index contributed by atoms with van der Waals surface area (Å²) in [6, 6.07) is 16.2. The van der Waals surface area contributed by atoms with E-state index in [0.717, 1.165) is 5.56 Å². The normalized spacial score (nSPS) is 20.5. The van der Waals surface area contributed by atoms with Crippen molar-refractivity contribution in [1.82, 2.24) is 8.61 Å². The average molecular weight is 577 g/mol. The standard InChI is InChI=1S/C28H33FN2O6S2/c1-19-8-11-25(12-9-19)38(33,34)30(4)17-27-20(2)16-31(21(3)18-32)39(35,36)28-13-10-23(15-26(28)37-27)22-6-5-7-24(29)14-22/h5-15,20-21,27,32H,16-18H2,1-4H3/t20-,21-,27-/m0/s1. The third-order valence-corrected chi connectivity index (χ3v) is 10.8. The van der Waals surface area contributed by atoms with Crippen LogP contribution >= 0.6 is 0 Å². The Bertz CT molecular complexity index is 1540. The number of hydrogen-bond acceptors (Lipinski definition) is 6. The van der Waals surface area contributed by atoms with Crippen molar-refractivity contribution in [2.75, 3.05) is 26.7 Å². The smallest absolute Gasteiger partial charge is 0.247 e. The van der Waals surface area contributed by atoms with Gasteiger partial charge in [-0.1, -0.05) is 42.8 Å². The summed E-state index contributed by atoms with van der Waals surface area (Å²) in [6.07, 6.45) is -0.736. The van der Waals surface area contributed by atoms with Gasteiger partial charge >= 0.3 is 0 Å². The van der Waals surface area contributed by atoms with E-state index in [1.807, 2.05) is 6.92 Å². The minimum Gasteiger partial charge on any atom is -0.487 e. The number of halogens is 1. The summed E-state index contributed by atoms with van der Waals surface area (Å²) in [5, 5.41) is 9.84. The first-order valence-electron chi connectivity index (χ1n) is 12.6. The molecule has 0 amide bonds. The molecule has 0 aliphatic carbocycles. The lowest BCUT2D eigenvalue weighted by Crippen LogP contribution is -2.50. The number of sulfonamides is 2. The van der Waals surface area contributed by atoms with Crippen LogP contribution in [0.5, 0.6) is 5.75 Å². The number of aryl methyl sites for hydroxylation is 1. The monoisotopic (exact) mass is 576 g/mol. The fraction of sp³-hybridized carbons (Fsp3) is 0.357. The zero-order valence-corrected chi connectivity index (χ0v) is 23.9. The molecule has 3 aromatic carbocycles. The molecule has 4 rings (SSSR count). The number of aliphatic hydroxyl groups excluding tert-OH is 1. The number of benzene rings is 3. The van der Waals surface area contributed by atoms with Gasteiger partial charge in [-0.25, -0.2) is 21.2 Å². The van der Waals surface area contributed by atoms with Crippen LogP contribution in [0, 0.1) is 18.7 Å². The number of fused-ring (bicyclic) bond motifs is 1. The van der Waals surface area contributed by atoms with E-state index in [2.05, 4.69) is 0 Å². The van der Waals surface area contributed by atoms with Crippen LogP contribution in [0.2, 0.25) is 0 Å². The summed E-state index contributed by atoms with van der Waals surface area (Å²) in [4.78, 5) is 0.0323. The van der Waals surface area contributed by atoms with Crippen LogP contribution in [0.1, 0.15) is 19.4 Å². The van der Waals surface area contributed by atoms with Crippen LogP contribution in [-0.2, 0) is 20.0 Å². The van der Waals surface area contributed by atoms with E-state index in [4.69, 9.17) is 4.74 Å². The third kappa shape index (κ3) is 6.02. The maximum atomic E-state index is 13.9. The minimum absolute atomic E-state index is 0.0121. The Kier molecular flexibility index (Phi) is 8.48. The molecule has 0 aromatic heterocycles. The van der Waals surface area contributed by atoms with E-state index in [-0.39, 0.29) is 28.6 Å². The molecule has 39 heavy (non-hydrogen) atoms. The molecule has 0 saturated heterocycles. The molecule has 1 heterocycles. The van der Waals surface area contributed by atoms with Crippen molar-refractivity contribution in [2.45, 2.75) is 42.7 Å². The predicted octanol–water partition coefficient (Wildman–Crippen LogP) is 3.89. The predicted molar refractivity (Wildman–Crippen MR) is 147 cm³/mol. The first-order chi connectivity index (χ1) is 18.3. The summed E-state index contributed by atoms with van der Waals surface area (Å²) in [5.41, 5.74) is 2.00. The third-order valence-electron chi connectivity index (χ3n) is 6.99. The summed E-state index contributed by atoms with van der Waals surface area (Å²) in [5.74, 6) is -0.856. The van der Waals surface area contributed by atoms with Gasteiger partial charge in [0.25, 0.3) is 0 Å². The minimum atomic E-state index is -4.08. The summed E-state index contributed by atoms with van der Waals surface area (Å²) in [7, 11) is -6.47. The maximum Gasteiger partial charge on any atom is 0.247 e. The summed E-state index contributed by atoms with van der Waals surface area (Å²) >= 11 is 0. The fourth-order valence-corrected chi connectivity index (χ4v) is 7.54. The Hall–Kier alpha value is -2.83. The van der Waals surface area contributed by atoms with E-state index in [0.29, 0.717) is 11.1 Å². The molecule has 0 saturated carbocycles. The summed E-state index contributed by atoms with van der Waals surface area (Å²) in [6.45, 7) is 4.82. The number of likely N-dealkylation sites (N-methyl/N-ethyl adjacent to an activating group) is 1. The van der Waals surface area contributed by atoms with Crippen LogP contribution in [-0.4, -0.2) is 69.4 Å². The lowest BCUT2D eigenvalue weighted by atomic mass is 10.0. The average Bonchev–Trinajstić information content (AvgIpc) is 2.90.